The number of para-hydroxylation sites is 2. The fourth-order valence-corrected chi connectivity index (χ4v) is 3.28. The van der Waals surface area contributed by atoms with Gasteiger partial charge in [0.2, 0.25) is 0 Å². The monoisotopic (exact) mass is 382 g/mol. The molecule has 0 saturated heterocycles. The summed E-state index contributed by atoms with van der Waals surface area (Å²) in [5.41, 5.74) is 0.462. The van der Waals surface area contributed by atoms with E-state index in [9.17, 15) is 4.79 Å². The molecule has 0 aliphatic rings. The fraction of sp³-hybridized carbons (Fsp3) is 0.238. The molecule has 0 amide bonds. The number of aromatic nitrogens is 2. The molecule has 3 rings (SSSR count). The number of thioether (sulfide) groups is 1. The van der Waals surface area contributed by atoms with Gasteiger partial charge in [-0.2, -0.15) is 0 Å². The minimum atomic E-state index is -0.161. The molecule has 0 atom stereocenters. The molecule has 2 aromatic carbocycles. The number of hydrogen-bond acceptors (Lipinski definition) is 5. The van der Waals surface area contributed by atoms with Crippen molar-refractivity contribution >= 4 is 11.8 Å². The molecule has 1 heterocycles. The van der Waals surface area contributed by atoms with Crippen LogP contribution in [-0.4, -0.2) is 22.3 Å². The minimum Gasteiger partial charge on any atom is -0.494 e. The largest absolute Gasteiger partial charge is 0.494 e. The summed E-state index contributed by atoms with van der Waals surface area (Å²) < 4.78 is 11.3. The second kappa shape index (κ2) is 10.4. The van der Waals surface area contributed by atoms with Crippen molar-refractivity contribution in [2.45, 2.75) is 24.6 Å². The van der Waals surface area contributed by atoms with Crippen molar-refractivity contribution in [1.29, 1.82) is 0 Å². The highest BCUT2D eigenvalue weighted by Gasteiger charge is 2.04. The number of rotatable bonds is 10. The predicted octanol–water partition coefficient (Wildman–Crippen LogP) is 4.30. The van der Waals surface area contributed by atoms with Crippen molar-refractivity contribution in [2.24, 2.45) is 0 Å². The Morgan fingerprint density at radius 2 is 1.56 bits per heavy atom. The van der Waals surface area contributed by atoms with Crippen LogP contribution in [0.3, 0.4) is 0 Å². The van der Waals surface area contributed by atoms with E-state index in [1.165, 1.54) is 17.8 Å². The van der Waals surface area contributed by atoms with Crippen molar-refractivity contribution in [3.05, 3.63) is 82.8 Å². The van der Waals surface area contributed by atoms with Gasteiger partial charge in [-0.25, -0.2) is 4.98 Å². The average Bonchev–Trinajstić information content (AvgIpc) is 2.70. The third kappa shape index (κ3) is 6.83. The lowest BCUT2D eigenvalue weighted by Gasteiger charge is -2.07. The van der Waals surface area contributed by atoms with Crippen LogP contribution in [0.15, 0.2) is 76.7 Å². The number of benzene rings is 2. The summed E-state index contributed by atoms with van der Waals surface area (Å²) in [6, 6.07) is 20.8. The van der Waals surface area contributed by atoms with Crippen molar-refractivity contribution in [2.75, 3.05) is 12.4 Å². The number of nitrogens with zero attached hydrogens (tertiary/aromatic N) is 1. The summed E-state index contributed by atoms with van der Waals surface area (Å²) >= 11 is 1.54. The second-order valence-electron chi connectivity index (χ2n) is 5.86. The molecule has 0 spiro atoms. The van der Waals surface area contributed by atoms with E-state index >= 15 is 0 Å². The highest BCUT2D eigenvalue weighted by molar-refractivity contribution is 7.99. The van der Waals surface area contributed by atoms with Crippen LogP contribution in [0.5, 0.6) is 11.5 Å². The quantitative estimate of drug-likeness (QED) is 0.322. The molecular formula is C21H22N2O3S. The Labute approximate surface area is 162 Å². The van der Waals surface area contributed by atoms with E-state index < -0.39 is 0 Å². The van der Waals surface area contributed by atoms with Crippen LogP contribution in [0.1, 0.15) is 18.5 Å². The van der Waals surface area contributed by atoms with Crippen LogP contribution < -0.4 is 15.0 Å². The van der Waals surface area contributed by atoms with Crippen LogP contribution in [0.4, 0.5) is 0 Å². The van der Waals surface area contributed by atoms with Gasteiger partial charge < -0.3 is 14.5 Å². The number of ether oxygens (including phenoxy) is 2. The Kier molecular flexibility index (Phi) is 7.35. The maximum absolute atomic E-state index is 11.8. The van der Waals surface area contributed by atoms with Crippen molar-refractivity contribution in [3.63, 3.8) is 0 Å². The van der Waals surface area contributed by atoms with Crippen molar-refractivity contribution in [1.82, 2.24) is 9.97 Å². The lowest BCUT2D eigenvalue weighted by molar-refractivity contribution is 0.299. The maximum Gasteiger partial charge on any atom is 0.251 e. The number of H-pyrrole nitrogens is 1. The minimum absolute atomic E-state index is 0.161. The molecule has 1 aromatic heterocycles. The normalized spacial score (nSPS) is 10.5. The smallest absolute Gasteiger partial charge is 0.251 e. The topological polar surface area (TPSA) is 64.2 Å². The van der Waals surface area contributed by atoms with E-state index in [1.807, 2.05) is 60.7 Å². The van der Waals surface area contributed by atoms with E-state index in [-0.39, 0.29) is 12.2 Å². The summed E-state index contributed by atoms with van der Waals surface area (Å²) in [4.78, 5) is 19.1. The van der Waals surface area contributed by atoms with Gasteiger partial charge in [-0.05, 0) is 37.1 Å². The van der Waals surface area contributed by atoms with Crippen molar-refractivity contribution < 1.29 is 9.47 Å². The lowest BCUT2D eigenvalue weighted by atomic mass is 10.3. The first-order valence-corrected chi connectivity index (χ1v) is 9.87. The van der Waals surface area contributed by atoms with Crippen LogP contribution in [0, 0.1) is 0 Å². The molecule has 6 heteroatoms. The van der Waals surface area contributed by atoms with E-state index in [1.54, 1.807) is 0 Å². The predicted molar refractivity (Wildman–Crippen MR) is 108 cm³/mol. The molecular weight excluding hydrogens is 360 g/mol. The molecule has 0 aliphatic heterocycles. The standard InChI is InChI=1S/C21H22N2O3S/c24-20-15-17(16-26-19-11-5-2-6-12-19)22-21(23-20)27-14-8-7-13-25-18-9-3-1-4-10-18/h1-6,9-12,15H,7-8,13-14,16H2,(H,22,23,24). The number of unbranched alkanes of at least 4 members (excludes halogenated alkanes) is 1. The Morgan fingerprint density at radius 1 is 0.889 bits per heavy atom. The van der Waals surface area contributed by atoms with E-state index in [0.717, 1.165) is 30.1 Å². The first kappa shape index (κ1) is 19.0. The SMILES string of the molecule is O=c1cc(COc2ccccc2)nc(SCCCCOc2ccccc2)[nH]1. The molecule has 140 valence electrons. The van der Waals surface area contributed by atoms with Gasteiger partial charge in [0.05, 0.1) is 12.3 Å². The average molecular weight is 382 g/mol. The molecule has 0 unspecified atom stereocenters. The molecule has 0 radical (unpaired) electrons. The summed E-state index contributed by atoms with van der Waals surface area (Å²) in [6.07, 6.45) is 1.93. The van der Waals surface area contributed by atoms with Gasteiger partial charge in [0.15, 0.2) is 5.16 Å². The molecule has 1 N–H and O–H groups in total. The summed E-state index contributed by atoms with van der Waals surface area (Å²) in [5.74, 6) is 2.51. The molecule has 0 aliphatic carbocycles. The van der Waals surface area contributed by atoms with Crippen molar-refractivity contribution in [3.8, 4) is 11.5 Å². The third-order valence-corrected chi connectivity index (χ3v) is 4.65. The zero-order valence-corrected chi connectivity index (χ0v) is 15.8. The van der Waals surface area contributed by atoms with Gasteiger partial charge >= 0.3 is 0 Å². The van der Waals surface area contributed by atoms with Crippen LogP contribution in [0.25, 0.3) is 0 Å². The highest BCUT2D eigenvalue weighted by atomic mass is 32.2. The summed E-state index contributed by atoms with van der Waals surface area (Å²) in [5, 5.41) is 0.623. The molecule has 0 bridgehead atoms. The summed E-state index contributed by atoms with van der Waals surface area (Å²) in [6.45, 7) is 0.950. The molecule has 27 heavy (non-hydrogen) atoms. The second-order valence-corrected chi connectivity index (χ2v) is 6.94. The molecule has 0 fully saturated rings. The van der Waals surface area contributed by atoms with Gasteiger partial charge in [0.1, 0.15) is 18.1 Å². The van der Waals surface area contributed by atoms with Crippen LogP contribution in [-0.2, 0) is 6.61 Å². The highest BCUT2D eigenvalue weighted by Crippen LogP contribution is 2.16. The van der Waals surface area contributed by atoms with E-state index in [4.69, 9.17) is 9.47 Å². The zero-order chi connectivity index (χ0) is 18.7. The first-order valence-electron chi connectivity index (χ1n) is 8.88. The van der Waals surface area contributed by atoms with E-state index in [0.29, 0.717) is 17.5 Å². The molecule has 3 aromatic rings. The molecule has 5 nitrogen and oxygen atoms in total. The lowest BCUT2D eigenvalue weighted by Crippen LogP contribution is -2.12. The Balaban J connectivity index is 1.40. The number of hydrogen-bond donors (Lipinski definition) is 1. The number of aromatic amines is 1. The van der Waals surface area contributed by atoms with Crippen LogP contribution in [0.2, 0.25) is 0 Å². The summed E-state index contributed by atoms with van der Waals surface area (Å²) in [7, 11) is 0. The van der Waals surface area contributed by atoms with Gasteiger partial charge in [-0.15, -0.1) is 0 Å². The number of nitrogens with one attached hydrogen (secondary N) is 1. The maximum atomic E-state index is 11.8. The van der Waals surface area contributed by atoms with Gasteiger partial charge in [0, 0.05) is 11.8 Å². The van der Waals surface area contributed by atoms with Gasteiger partial charge in [-0.3, -0.25) is 4.79 Å². The molecule has 0 saturated carbocycles. The Morgan fingerprint density at radius 3 is 2.26 bits per heavy atom. The zero-order valence-electron chi connectivity index (χ0n) is 15.0. The Hall–Kier alpha value is -2.73. The van der Waals surface area contributed by atoms with E-state index in [2.05, 4.69) is 9.97 Å². The Bertz CT molecular complexity index is 869. The first-order chi connectivity index (χ1) is 13.3. The third-order valence-electron chi connectivity index (χ3n) is 3.69. The van der Waals surface area contributed by atoms with Gasteiger partial charge in [0.25, 0.3) is 5.56 Å². The van der Waals surface area contributed by atoms with Crippen LogP contribution >= 0.6 is 11.8 Å². The fourth-order valence-electron chi connectivity index (χ4n) is 2.38. The van der Waals surface area contributed by atoms with Gasteiger partial charge in [-0.1, -0.05) is 48.2 Å².